The van der Waals surface area contributed by atoms with Crippen molar-refractivity contribution < 1.29 is 0 Å². The summed E-state index contributed by atoms with van der Waals surface area (Å²) in [7, 11) is 0. The van der Waals surface area contributed by atoms with Gasteiger partial charge in [-0.1, -0.05) is 46.3 Å². The van der Waals surface area contributed by atoms with Crippen LogP contribution >= 0.6 is 15.9 Å². The SMILES string of the molecule is Brc1cc2ccccc2c2ccc3[nH]cnc3c12. The molecule has 1 aromatic heterocycles. The van der Waals surface area contributed by atoms with Crippen molar-refractivity contribution in [1.29, 1.82) is 0 Å². The van der Waals surface area contributed by atoms with Crippen LogP contribution < -0.4 is 0 Å². The molecule has 0 saturated carbocycles. The molecule has 4 aromatic rings. The molecule has 3 aromatic carbocycles. The van der Waals surface area contributed by atoms with Crippen molar-refractivity contribution >= 4 is 48.5 Å². The molecule has 0 saturated heterocycles. The normalized spacial score (nSPS) is 11.6. The van der Waals surface area contributed by atoms with Crippen LogP contribution in [0.25, 0.3) is 32.6 Å². The Kier molecular flexibility index (Phi) is 2.00. The molecule has 0 bridgehead atoms. The van der Waals surface area contributed by atoms with Crippen LogP contribution in [0.3, 0.4) is 0 Å². The van der Waals surface area contributed by atoms with Gasteiger partial charge in [0.25, 0.3) is 0 Å². The van der Waals surface area contributed by atoms with Gasteiger partial charge in [0, 0.05) is 9.86 Å². The van der Waals surface area contributed by atoms with Crippen LogP contribution in [-0.4, -0.2) is 9.97 Å². The minimum Gasteiger partial charge on any atom is -0.345 e. The smallest absolute Gasteiger partial charge is 0.0972 e. The lowest BCUT2D eigenvalue weighted by atomic mass is 10.0. The van der Waals surface area contributed by atoms with Crippen molar-refractivity contribution in [2.45, 2.75) is 0 Å². The number of benzene rings is 3. The van der Waals surface area contributed by atoms with Crippen molar-refractivity contribution in [2.75, 3.05) is 0 Å². The van der Waals surface area contributed by atoms with Crippen molar-refractivity contribution in [3.63, 3.8) is 0 Å². The van der Waals surface area contributed by atoms with Crippen LogP contribution in [0.15, 0.2) is 53.3 Å². The maximum atomic E-state index is 4.43. The highest BCUT2D eigenvalue weighted by atomic mass is 79.9. The number of halogens is 1. The number of nitrogens with one attached hydrogen (secondary N) is 1. The Morgan fingerprint density at radius 1 is 1.00 bits per heavy atom. The third-order valence-corrected chi connectivity index (χ3v) is 3.99. The van der Waals surface area contributed by atoms with E-state index in [1.165, 1.54) is 21.5 Å². The van der Waals surface area contributed by atoms with Crippen LogP contribution in [-0.2, 0) is 0 Å². The van der Waals surface area contributed by atoms with Crippen molar-refractivity contribution in [1.82, 2.24) is 9.97 Å². The predicted molar refractivity (Wildman–Crippen MR) is 78.8 cm³/mol. The van der Waals surface area contributed by atoms with Crippen LogP contribution in [0, 0.1) is 0 Å². The van der Waals surface area contributed by atoms with E-state index in [1.807, 2.05) is 0 Å². The van der Waals surface area contributed by atoms with E-state index in [9.17, 15) is 0 Å². The Bertz CT molecular complexity index is 893. The van der Waals surface area contributed by atoms with Gasteiger partial charge in [0.2, 0.25) is 0 Å². The van der Waals surface area contributed by atoms with Crippen LogP contribution in [0.4, 0.5) is 0 Å². The topological polar surface area (TPSA) is 28.7 Å². The lowest BCUT2D eigenvalue weighted by molar-refractivity contribution is 1.35. The van der Waals surface area contributed by atoms with Gasteiger partial charge in [0.1, 0.15) is 0 Å². The maximum Gasteiger partial charge on any atom is 0.0972 e. The highest BCUT2D eigenvalue weighted by molar-refractivity contribution is 9.10. The summed E-state index contributed by atoms with van der Waals surface area (Å²) in [5.74, 6) is 0. The molecular formula is C15H9BrN2. The second-order valence-corrected chi connectivity index (χ2v) is 5.22. The summed E-state index contributed by atoms with van der Waals surface area (Å²) in [6, 6.07) is 14.8. The number of hydrogen-bond acceptors (Lipinski definition) is 1. The van der Waals surface area contributed by atoms with E-state index in [4.69, 9.17) is 0 Å². The monoisotopic (exact) mass is 296 g/mol. The first-order chi connectivity index (χ1) is 8.84. The number of fused-ring (bicyclic) bond motifs is 5. The molecule has 86 valence electrons. The average Bonchev–Trinajstić information content (AvgIpc) is 2.86. The Labute approximate surface area is 112 Å². The van der Waals surface area contributed by atoms with Crippen molar-refractivity contribution in [3.8, 4) is 0 Å². The predicted octanol–water partition coefficient (Wildman–Crippen LogP) is 4.63. The summed E-state index contributed by atoms with van der Waals surface area (Å²) >= 11 is 3.67. The quantitative estimate of drug-likeness (QED) is 0.471. The van der Waals surface area contributed by atoms with Crippen LogP contribution in [0.5, 0.6) is 0 Å². The molecule has 0 atom stereocenters. The Hall–Kier alpha value is -1.87. The molecule has 2 nitrogen and oxygen atoms in total. The first-order valence-corrected chi connectivity index (χ1v) is 6.57. The molecule has 0 amide bonds. The number of H-pyrrole nitrogens is 1. The van der Waals surface area contributed by atoms with E-state index in [0.29, 0.717) is 0 Å². The average molecular weight is 297 g/mol. The largest absolute Gasteiger partial charge is 0.345 e. The van der Waals surface area contributed by atoms with Gasteiger partial charge in [-0.25, -0.2) is 4.98 Å². The fourth-order valence-corrected chi connectivity index (χ4v) is 3.20. The van der Waals surface area contributed by atoms with Crippen LogP contribution in [0.1, 0.15) is 0 Å². The van der Waals surface area contributed by atoms with Gasteiger partial charge in [-0.15, -0.1) is 0 Å². The number of hydrogen-bond donors (Lipinski definition) is 1. The number of nitrogens with zero attached hydrogens (tertiary/aromatic N) is 1. The van der Waals surface area contributed by atoms with Gasteiger partial charge >= 0.3 is 0 Å². The number of imidazole rings is 1. The minimum atomic E-state index is 1.02. The molecular weight excluding hydrogens is 288 g/mol. The van der Waals surface area contributed by atoms with Gasteiger partial charge in [-0.3, -0.25) is 0 Å². The third-order valence-electron chi connectivity index (χ3n) is 3.36. The third kappa shape index (κ3) is 1.25. The molecule has 0 aliphatic carbocycles. The zero-order valence-corrected chi connectivity index (χ0v) is 11.0. The molecule has 18 heavy (non-hydrogen) atoms. The first-order valence-electron chi connectivity index (χ1n) is 5.77. The summed E-state index contributed by atoms with van der Waals surface area (Å²) in [6.07, 6.45) is 1.74. The highest BCUT2D eigenvalue weighted by Crippen LogP contribution is 2.35. The van der Waals surface area contributed by atoms with Gasteiger partial charge in [0.15, 0.2) is 0 Å². The summed E-state index contributed by atoms with van der Waals surface area (Å²) < 4.78 is 1.09. The lowest BCUT2D eigenvalue weighted by Crippen LogP contribution is -1.81. The molecule has 0 fully saturated rings. The molecule has 0 spiro atoms. The standard InChI is InChI=1S/C15H9BrN2/c16-12-7-9-3-1-2-4-10(9)11-5-6-13-15(14(11)12)18-8-17-13/h1-8H,(H,17,18). The van der Waals surface area contributed by atoms with Gasteiger partial charge in [0.05, 0.1) is 17.4 Å². The van der Waals surface area contributed by atoms with E-state index in [-0.39, 0.29) is 0 Å². The second-order valence-electron chi connectivity index (χ2n) is 4.37. The van der Waals surface area contributed by atoms with Gasteiger partial charge < -0.3 is 4.98 Å². The summed E-state index contributed by atoms with van der Waals surface area (Å²) in [4.78, 5) is 7.58. The zero-order valence-electron chi connectivity index (χ0n) is 9.44. The molecule has 4 rings (SSSR count). The van der Waals surface area contributed by atoms with E-state index in [2.05, 4.69) is 68.4 Å². The van der Waals surface area contributed by atoms with E-state index < -0.39 is 0 Å². The Morgan fingerprint density at radius 3 is 2.83 bits per heavy atom. The molecule has 1 heterocycles. The fraction of sp³-hybridized carbons (Fsp3) is 0. The van der Waals surface area contributed by atoms with Crippen LogP contribution in [0.2, 0.25) is 0 Å². The van der Waals surface area contributed by atoms with Gasteiger partial charge in [-0.05, 0) is 28.3 Å². The molecule has 0 aliphatic rings. The van der Waals surface area contributed by atoms with E-state index in [1.54, 1.807) is 6.33 Å². The molecule has 0 aliphatic heterocycles. The molecule has 0 radical (unpaired) electrons. The maximum absolute atomic E-state index is 4.43. The van der Waals surface area contributed by atoms with Crippen molar-refractivity contribution in [2.24, 2.45) is 0 Å². The Morgan fingerprint density at radius 2 is 1.89 bits per heavy atom. The highest BCUT2D eigenvalue weighted by Gasteiger charge is 2.09. The molecule has 3 heteroatoms. The van der Waals surface area contributed by atoms with Crippen molar-refractivity contribution in [3.05, 3.63) is 53.3 Å². The first kappa shape index (κ1) is 10.1. The number of rotatable bonds is 0. The number of aromatic nitrogens is 2. The number of aromatic amines is 1. The second kappa shape index (κ2) is 3.56. The lowest BCUT2D eigenvalue weighted by Gasteiger charge is -2.06. The summed E-state index contributed by atoms with van der Waals surface area (Å²) in [6.45, 7) is 0. The fourth-order valence-electron chi connectivity index (χ4n) is 2.55. The molecule has 0 unspecified atom stereocenters. The minimum absolute atomic E-state index is 1.02. The van der Waals surface area contributed by atoms with E-state index >= 15 is 0 Å². The summed E-state index contributed by atoms with van der Waals surface area (Å²) in [5.41, 5.74) is 2.09. The summed E-state index contributed by atoms with van der Waals surface area (Å²) in [5, 5.41) is 4.92. The van der Waals surface area contributed by atoms with Gasteiger partial charge in [-0.2, -0.15) is 0 Å². The van der Waals surface area contributed by atoms with E-state index in [0.717, 1.165) is 15.5 Å². The molecule has 1 N–H and O–H groups in total. The Balaban J connectivity index is 2.38. The zero-order chi connectivity index (χ0) is 12.1.